The van der Waals surface area contributed by atoms with Crippen LogP contribution in [-0.2, 0) is 14.3 Å². The van der Waals surface area contributed by atoms with Crippen LogP contribution < -0.4 is 10.6 Å². The highest BCUT2D eigenvalue weighted by Crippen LogP contribution is 2.44. The lowest BCUT2D eigenvalue weighted by Crippen LogP contribution is -2.46. The number of aliphatic carboxylic acids is 1. The summed E-state index contributed by atoms with van der Waals surface area (Å²) in [5, 5.41) is 13.9. The van der Waals surface area contributed by atoms with E-state index in [9.17, 15) is 28.3 Å². The topological polar surface area (TPSA) is 105 Å². The Morgan fingerprint density at radius 3 is 2.23 bits per heavy atom. The molecular formula is C26H28F2N2O5. The molecule has 1 fully saturated rings. The zero-order valence-corrected chi connectivity index (χ0v) is 19.1. The van der Waals surface area contributed by atoms with Gasteiger partial charge in [0.1, 0.15) is 12.6 Å². The van der Waals surface area contributed by atoms with E-state index in [1.54, 1.807) is 0 Å². The van der Waals surface area contributed by atoms with Crippen LogP contribution in [-0.4, -0.2) is 48.2 Å². The molecule has 0 spiro atoms. The first kappa shape index (κ1) is 24.6. The fraction of sp³-hybridized carbons (Fsp3) is 0.423. The molecule has 35 heavy (non-hydrogen) atoms. The Balaban J connectivity index is 1.32. The van der Waals surface area contributed by atoms with Gasteiger partial charge in [0.25, 0.3) is 6.43 Å². The number of amides is 2. The van der Waals surface area contributed by atoms with Crippen LogP contribution in [0.15, 0.2) is 48.5 Å². The van der Waals surface area contributed by atoms with Crippen LogP contribution in [0.1, 0.15) is 49.1 Å². The predicted molar refractivity (Wildman–Crippen MR) is 124 cm³/mol. The molecule has 3 atom stereocenters. The highest BCUT2D eigenvalue weighted by atomic mass is 19.3. The predicted octanol–water partition coefficient (Wildman–Crippen LogP) is 4.31. The Labute approximate surface area is 201 Å². The van der Waals surface area contributed by atoms with Crippen molar-refractivity contribution < 1.29 is 33.0 Å². The van der Waals surface area contributed by atoms with Crippen molar-refractivity contribution in [2.24, 2.45) is 5.92 Å². The number of alkyl carbamates (subject to hydrolysis) is 1. The summed E-state index contributed by atoms with van der Waals surface area (Å²) in [5.74, 6) is -2.36. The zero-order valence-electron chi connectivity index (χ0n) is 19.1. The van der Waals surface area contributed by atoms with E-state index in [0.29, 0.717) is 19.3 Å². The number of rotatable bonds is 8. The Bertz CT molecular complexity index is 1050. The average Bonchev–Trinajstić information content (AvgIpc) is 3.16. The molecule has 1 saturated carbocycles. The maximum absolute atomic E-state index is 13.6. The maximum Gasteiger partial charge on any atom is 0.407 e. The quantitative estimate of drug-likeness (QED) is 0.516. The number of hydrogen-bond donors (Lipinski definition) is 3. The highest BCUT2D eigenvalue weighted by Gasteiger charge is 2.32. The maximum atomic E-state index is 13.6. The molecule has 2 aromatic rings. The number of carbonyl (C=O) groups excluding carboxylic acids is 2. The highest BCUT2D eigenvalue weighted by molar-refractivity contribution is 5.80. The van der Waals surface area contributed by atoms with Crippen LogP contribution in [0.25, 0.3) is 11.1 Å². The van der Waals surface area contributed by atoms with Crippen molar-refractivity contribution in [1.82, 2.24) is 10.6 Å². The number of nitrogens with one attached hydrogen (secondary N) is 2. The third kappa shape index (κ3) is 5.78. The van der Waals surface area contributed by atoms with Crippen molar-refractivity contribution in [3.8, 4) is 11.1 Å². The van der Waals surface area contributed by atoms with E-state index in [4.69, 9.17) is 4.74 Å². The van der Waals surface area contributed by atoms with E-state index in [0.717, 1.165) is 22.3 Å². The lowest BCUT2D eigenvalue weighted by molar-refractivity contribution is -0.143. The van der Waals surface area contributed by atoms with E-state index >= 15 is 0 Å². The summed E-state index contributed by atoms with van der Waals surface area (Å²) in [6.07, 6.45) is -2.60. The third-order valence-corrected chi connectivity index (χ3v) is 6.74. The molecule has 0 radical (unpaired) electrons. The smallest absolute Gasteiger partial charge is 0.407 e. The van der Waals surface area contributed by atoms with Gasteiger partial charge >= 0.3 is 12.1 Å². The van der Waals surface area contributed by atoms with Gasteiger partial charge in [0.05, 0.1) is 12.3 Å². The van der Waals surface area contributed by atoms with Crippen LogP contribution in [0, 0.1) is 5.92 Å². The molecule has 7 nitrogen and oxygen atoms in total. The lowest BCUT2D eigenvalue weighted by atomic mass is 9.85. The van der Waals surface area contributed by atoms with Crippen molar-refractivity contribution in [3.05, 3.63) is 59.7 Å². The monoisotopic (exact) mass is 486 g/mol. The summed E-state index contributed by atoms with van der Waals surface area (Å²) in [7, 11) is 0. The Hall–Kier alpha value is -3.49. The summed E-state index contributed by atoms with van der Waals surface area (Å²) in [4.78, 5) is 35.9. The molecule has 0 bridgehead atoms. The number of carboxylic acid groups (broad SMARTS) is 1. The van der Waals surface area contributed by atoms with E-state index in [1.807, 2.05) is 48.5 Å². The summed E-state index contributed by atoms with van der Waals surface area (Å²) < 4.78 is 32.5. The third-order valence-electron chi connectivity index (χ3n) is 6.74. The fourth-order valence-corrected chi connectivity index (χ4v) is 5.03. The van der Waals surface area contributed by atoms with E-state index in [2.05, 4.69) is 10.6 Å². The first-order chi connectivity index (χ1) is 16.8. The van der Waals surface area contributed by atoms with Gasteiger partial charge in [-0.25, -0.2) is 13.6 Å². The van der Waals surface area contributed by atoms with Gasteiger partial charge < -0.3 is 20.5 Å². The summed E-state index contributed by atoms with van der Waals surface area (Å²) in [6.45, 7) is -0.0271. The molecule has 3 N–H and O–H groups in total. The summed E-state index contributed by atoms with van der Waals surface area (Å²) >= 11 is 0. The zero-order chi connectivity index (χ0) is 24.9. The fourth-order valence-electron chi connectivity index (χ4n) is 5.03. The lowest BCUT2D eigenvalue weighted by Gasteiger charge is -2.28. The van der Waals surface area contributed by atoms with Crippen molar-refractivity contribution in [3.63, 3.8) is 0 Å². The molecular weight excluding hydrogens is 458 g/mol. The van der Waals surface area contributed by atoms with Crippen molar-refractivity contribution >= 4 is 18.0 Å². The minimum Gasteiger partial charge on any atom is -0.481 e. The molecule has 0 aliphatic heterocycles. The minimum absolute atomic E-state index is 0.0271. The number of alkyl halides is 2. The molecule has 2 aliphatic rings. The van der Waals surface area contributed by atoms with E-state index in [-0.39, 0.29) is 25.0 Å². The van der Waals surface area contributed by atoms with Crippen LogP contribution in [0.2, 0.25) is 0 Å². The van der Waals surface area contributed by atoms with Gasteiger partial charge in [0.2, 0.25) is 5.91 Å². The van der Waals surface area contributed by atoms with Crippen molar-refractivity contribution in [2.75, 3.05) is 6.61 Å². The molecule has 2 aromatic carbocycles. The summed E-state index contributed by atoms with van der Waals surface area (Å²) in [6, 6.07) is 13.4. The van der Waals surface area contributed by atoms with E-state index < -0.39 is 42.8 Å². The van der Waals surface area contributed by atoms with E-state index in [1.165, 1.54) is 0 Å². The SMILES string of the molecule is O=C(CC(NC(=O)OCC1c2ccccc2-c2ccccc21)C(F)F)N[C@@H]1CCC[C@H](C(=O)O)C1. The van der Waals surface area contributed by atoms with Crippen LogP contribution >= 0.6 is 0 Å². The van der Waals surface area contributed by atoms with Crippen LogP contribution in [0.4, 0.5) is 13.6 Å². The molecule has 2 amide bonds. The average molecular weight is 487 g/mol. The number of carbonyl (C=O) groups is 3. The first-order valence-corrected chi connectivity index (χ1v) is 11.7. The molecule has 0 aromatic heterocycles. The number of carboxylic acids is 1. The van der Waals surface area contributed by atoms with Crippen LogP contribution in [0.3, 0.4) is 0 Å². The Morgan fingerprint density at radius 1 is 1.00 bits per heavy atom. The standard InChI is InChI=1S/C26H28F2N2O5/c27-24(28)22(13-23(31)29-16-7-5-6-15(12-16)25(32)33)30-26(34)35-14-21-19-10-3-1-8-17(19)18-9-2-4-11-20(18)21/h1-4,8-11,15-16,21-22,24H,5-7,12-14H2,(H,29,31)(H,30,34)(H,32,33)/t15-,16+,22?/m0/s1. The Kier molecular flexibility index (Phi) is 7.63. The second kappa shape index (κ2) is 10.8. The van der Waals surface area contributed by atoms with Crippen molar-refractivity contribution in [2.45, 2.75) is 56.5 Å². The van der Waals surface area contributed by atoms with Crippen LogP contribution in [0.5, 0.6) is 0 Å². The summed E-state index contributed by atoms with van der Waals surface area (Å²) in [5.41, 5.74) is 4.09. The second-order valence-electron chi connectivity index (χ2n) is 9.08. The second-order valence-corrected chi connectivity index (χ2v) is 9.08. The number of hydrogen-bond acceptors (Lipinski definition) is 4. The largest absolute Gasteiger partial charge is 0.481 e. The van der Waals surface area contributed by atoms with Gasteiger partial charge in [-0.3, -0.25) is 9.59 Å². The molecule has 0 saturated heterocycles. The normalized spacial score (nSPS) is 20.0. The molecule has 4 rings (SSSR count). The Morgan fingerprint density at radius 2 is 1.63 bits per heavy atom. The molecule has 0 heterocycles. The molecule has 186 valence electrons. The molecule has 9 heteroatoms. The van der Waals surface area contributed by atoms with Gasteiger partial charge in [0, 0.05) is 12.0 Å². The molecule has 2 aliphatic carbocycles. The molecule has 1 unspecified atom stereocenters. The first-order valence-electron chi connectivity index (χ1n) is 11.7. The van der Waals surface area contributed by atoms with Gasteiger partial charge in [0.15, 0.2) is 0 Å². The number of benzene rings is 2. The number of fused-ring (bicyclic) bond motifs is 3. The van der Waals surface area contributed by atoms with Gasteiger partial charge in [-0.1, -0.05) is 55.0 Å². The number of ether oxygens (including phenoxy) is 1. The minimum atomic E-state index is -2.97. The van der Waals surface area contributed by atoms with Gasteiger partial charge in [-0.15, -0.1) is 0 Å². The van der Waals surface area contributed by atoms with Crippen molar-refractivity contribution in [1.29, 1.82) is 0 Å². The van der Waals surface area contributed by atoms with Gasteiger partial charge in [-0.2, -0.15) is 0 Å². The number of halogens is 2. The van der Waals surface area contributed by atoms with Gasteiger partial charge in [-0.05, 0) is 41.5 Å².